The minimum Gasteiger partial charge on any atom is -0.379 e. The van der Waals surface area contributed by atoms with Crippen LogP contribution in [0.1, 0.15) is 37.4 Å². The summed E-state index contributed by atoms with van der Waals surface area (Å²) in [5.41, 5.74) is 8.43. The third-order valence-corrected chi connectivity index (χ3v) is 2.37. The number of hydrogen-bond donors (Lipinski definition) is 1. The molecule has 0 saturated carbocycles. The van der Waals surface area contributed by atoms with Crippen molar-refractivity contribution in [3.05, 3.63) is 29.6 Å². The monoisotopic (exact) mass is 208 g/mol. The van der Waals surface area contributed by atoms with E-state index in [2.05, 4.69) is 18.8 Å². The summed E-state index contributed by atoms with van der Waals surface area (Å²) >= 11 is 0. The Morgan fingerprint density at radius 3 is 2.93 bits per heavy atom. The first-order valence-corrected chi connectivity index (χ1v) is 5.55. The van der Waals surface area contributed by atoms with Gasteiger partial charge in [-0.3, -0.25) is 4.98 Å². The van der Waals surface area contributed by atoms with Crippen molar-refractivity contribution in [3.8, 4) is 0 Å². The number of aryl methyl sites for hydroxylation is 1. The summed E-state index contributed by atoms with van der Waals surface area (Å²) < 4.78 is 5.45. The smallest absolute Gasteiger partial charge is 0.0659 e. The normalized spacial score (nSPS) is 12.7. The van der Waals surface area contributed by atoms with Crippen molar-refractivity contribution in [2.24, 2.45) is 5.73 Å². The molecule has 1 heterocycles. The molecule has 0 saturated heterocycles. The fourth-order valence-corrected chi connectivity index (χ4v) is 1.54. The summed E-state index contributed by atoms with van der Waals surface area (Å²) in [4.78, 5) is 4.10. The molecule has 0 spiro atoms. The molecule has 15 heavy (non-hydrogen) atoms. The van der Waals surface area contributed by atoms with Crippen molar-refractivity contribution in [1.29, 1.82) is 0 Å². The first-order chi connectivity index (χ1) is 7.29. The van der Waals surface area contributed by atoms with Crippen molar-refractivity contribution < 1.29 is 4.74 Å². The maximum atomic E-state index is 6.06. The molecular formula is C12H20N2O. The summed E-state index contributed by atoms with van der Waals surface area (Å²) in [6.45, 7) is 5.57. The van der Waals surface area contributed by atoms with Gasteiger partial charge in [-0.1, -0.05) is 13.8 Å². The first kappa shape index (κ1) is 12.1. The molecule has 0 aliphatic heterocycles. The number of hydrogen-bond acceptors (Lipinski definition) is 3. The minimum absolute atomic E-state index is 0.0329. The van der Waals surface area contributed by atoms with E-state index < -0.39 is 0 Å². The van der Waals surface area contributed by atoms with Crippen molar-refractivity contribution in [1.82, 2.24) is 4.98 Å². The summed E-state index contributed by atoms with van der Waals surface area (Å²) in [6.07, 6.45) is 5.66. The van der Waals surface area contributed by atoms with E-state index in [1.165, 1.54) is 5.56 Å². The summed E-state index contributed by atoms with van der Waals surface area (Å²) in [5, 5.41) is 0. The Morgan fingerprint density at radius 2 is 2.27 bits per heavy atom. The molecule has 0 bridgehead atoms. The number of aromatic nitrogens is 1. The van der Waals surface area contributed by atoms with Crippen molar-refractivity contribution in [2.75, 3.05) is 13.2 Å². The molecule has 1 atom stereocenters. The zero-order valence-electron chi connectivity index (χ0n) is 9.57. The molecule has 0 aromatic carbocycles. The van der Waals surface area contributed by atoms with Crippen LogP contribution >= 0.6 is 0 Å². The molecule has 1 rings (SSSR count). The van der Waals surface area contributed by atoms with E-state index in [1.807, 2.05) is 12.3 Å². The summed E-state index contributed by atoms with van der Waals surface area (Å²) in [7, 11) is 0. The van der Waals surface area contributed by atoms with Crippen LogP contribution in [0.4, 0.5) is 0 Å². The molecule has 84 valence electrons. The molecule has 1 aromatic rings. The molecular weight excluding hydrogens is 188 g/mol. The zero-order chi connectivity index (χ0) is 11.1. The van der Waals surface area contributed by atoms with Crippen LogP contribution in [0.3, 0.4) is 0 Å². The van der Waals surface area contributed by atoms with Gasteiger partial charge < -0.3 is 10.5 Å². The highest BCUT2D eigenvalue weighted by molar-refractivity contribution is 5.26. The number of rotatable bonds is 6. The molecule has 1 aromatic heterocycles. The van der Waals surface area contributed by atoms with Gasteiger partial charge in [0.15, 0.2) is 0 Å². The van der Waals surface area contributed by atoms with Gasteiger partial charge in [0.05, 0.1) is 12.6 Å². The van der Waals surface area contributed by atoms with Crippen LogP contribution in [-0.2, 0) is 11.2 Å². The molecule has 0 fully saturated rings. The molecule has 2 N–H and O–H groups in total. The van der Waals surface area contributed by atoms with Gasteiger partial charge in [-0.2, -0.15) is 0 Å². The predicted molar refractivity (Wildman–Crippen MR) is 61.7 cm³/mol. The van der Waals surface area contributed by atoms with Gasteiger partial charge in [-0.15, -0.1) is 0 Å². The summed E-state index contributed by atoms with van der Waals surface area (Å²) in [5.74, 6) is 0. The van der Waals surface area contributed by atoms with E-state index in [9.17, 15) is 0 Å². The lowest BCUT2D eigenvalue weighted by Gasteiger charge is -2.15. The Balaban J connectivity index is 2.59. The molecule has 0 radical (unpaired) electrons. The van der Waals surface area contributed by atoms with Crippen LogP contribution in [0.15, 0.2) is 18.5 Å². The van der Waals surface area contributed by atoms with E-state index in [-0.39, 0.29) is 6.04 Å². The molecule has 0 amide bonds. The van der Waals surface area contributed by atoms with Crippen LogP contribution in [0.2, 0.25) is 0 Å². The van der Waals surface area contributed by atoms with Gasteiger partial charge in [-0.05, 0) is 30.0 Å². The average Bonchev–Trinajstić information content (AvgIpc) is 2.29. The van der Waals surface area contributed by atoms with Crippen molar-refractivity contribution >= 4 is 0 Å². The Bertz CT molecular complexity index is 289. The maximum absolute atomic E-state index is 6.06. The third kappa shape index (κ3) is 3.61. The minimum atomic E-state index is -0.0329. The van der Waals surface area contributed by atoms with Crippen LogP contribution in [0, 0.1) is 0 Å². The lowest BCUT2D eigenvalue weighted by atomic mass is 10.0. The first-order valence-electron chi connectivity index (χ1n) is 5.55. The highest BCUT2D eigenvalue weighted by Crippen LogP contribution is 2.15. The van der Waals surface area contributed by atoms with Gasteiger partial charge in [0.2, 0.25) is 0 Å². The van der Waals surface area contributed by atoms with Gasteiger partial charge >= 0.3 is 0 Å². The molecule has 3 heteroatoms. The molecule has 3 nitrogen and oxygen atoms in total. The number of pyridine rings is 1. The second-order valence-electron chi connectivity index (χ2n) is 3.61. The Kier molecular flexibility index (Phi) is 5.29. The van der Waals surface area contributed by atoms with Gasteiger partial charge in [0.1, 0.15) is 0 Å². The zero-order valence-corrected chi connectivity index (χ0v) is 9.57. The van der Waals surface area contributed by atoms with Gasteiger partial charge in [0.25, 0.3) is 0 Å². The average molecular weight is 208 g/mol. The molecule has 1 unspecified atom stereocenters. The van der Waals surface area contributed by atoms with Crippen LogP contribution in [-0.4, -0.2) is 18.2 Å². The lowest BCUT2D eigenvalue weighted by Crippen LogP contribution is -2.19. The predicted octanol–water partition coefficient (Wildman–Crippen LogP) is 2.07. The number of nitrogens with two attached hydrogens (primary N) is 1. The van der Waals surface area contributed by atoms with Gasteiger partial charge in [-0.25, -0.2) is 0 Å². The fourth-order valence-electron chi connectivity index (χ4n) is 1.54. The third-order valence-electron chi connectivity index (χ3n) is 2.37. The second-order valence-corrected chi connectivity index (χ2v) is 3.61. The van der Waals surface area contributed by atoms with Crippen molar-refractivity contribution in [3.63, 3.8) is 0 Å². The highest BCUT2D eigenvalue weighted by atomic mass is 16.5. The van der Waals surface area contributed by atoms with E-state index in [1.54, 1.807) is 6.20 Å². The van der Waals surface area contributed by atoms with Crippen LogP contribution in [0.25, 0.3) is 0 Å². The van der Waals surface area contributed by atoms with Gasteiger partial charge in [0, 0.05) is 19.0 Å². The van der Waals surface area contributed by atoms with E-state index in [4.69, 9.17) is 10.5 Å². The summed E-state index contributed by atoms with van der Waals surface area (Å²) in [6, 6.07) is 1.95. The second kappa shape index (κ2) is 6.53. The standard InChI is InChI=1S/C12H20N2O/c1-3-7-15-9-12(13)11-5-6-14-8-10(11)4-2/h5-6,8,12H,3-4,7,9,13H2,1-2H3. The number of nitrogens with zero attached hydrogens (tertiary/aromatic N) is 1. The maximum Gasteiger partial charge on any atom is 0.0659 e. The Labute approximate surface area is 91.7 Å². The number of ether oxygens (including phenoxy) is 1. The van der Waals surface area contributed by atoms with Crippen LogP contribution in [0.5, 0.6) is 0 Å². The van der Waals surface area contributed by atoms with E-state index >= 15 is 0 Å². The molecule has 0 aliphatic rings. The largest absolute Gasteiger partial charge is 0.379 e. The highest BCUT2D eigenvalue weighted by Gasteiger charge is 2.09. The quantitative estimate of drug-likeness (QED) is 0.728. The molecule has 0 aliphatic carbocycles. The van der Waals surface area contributed by atoms with E-state index in [0.29, 0.717) is 6.61 Å². The van der Waals surface area contributed by atoms with Crippen molar-refractivity contribution in [2.45, 2.75) is 32.7 Å². The SMILES string of the molecule is CCCOCC(N)c1ccncc1CC. The fraction of sp³-hybridized carbons (Fsp3) is 0.583. The lowest BCUT2D eigenvalue weighted by molar-refractivity contribution is 0.121. The Morgan fingerprint density at radius 1 is 1.47 bits per heavy atom. The topological polar surface area (TPSA) is 48.1 Å². The Hall–Kier alpha value is -0.930. The van der Waals surface area contributed by atoms with E-state index in [0.717, 1.165) is 25.0 Å². The van der Waals surface area contributed by atoms with Crippen LogP contribution < -0.4 is 5.73 Å².